The maximum atomic E-state index is 7.47. The first-order valence-electron chi connectivity index (χ1n) is 25.4. The Balaban J connectivity index is 0.969. The van der Waals surface area contributed by atoms with Crippen molar-refractivity contribution in [3.8, 4) is 78.9 Å². The Hall–Kier alpha value is -10.2. The van der Waals surface area contributed by atoms with Gasteiger partial charge in [-0.2, -0.15) is 0 Å². The van der Waals surface area contributed by atoms with E-state index < -0.39 is 0 Å². The van der Waals surface area contributed by atoms with Gasteiger partial charge in [-0.1, -0.05) is 218 Å². The normalized spacial score (nSPS) is 11.7. The third-order valence-corrected chi connectivity index (χ3v) is 14.8. The summed E-state index contributed by atoms with van der Waals surface area (Å²) in [6.07, 6.45) is 0. The number of benzene rings is 11. The predicted molar refractivity (Wildman–Crippen MR) is 308 cm³/mol. The second-order valence-corrected chi connectivity index (χ2v) is 19.0. The van der Waals surface area contributed by atoms with Crippen molar-refractivity contribution in [2.45, 2.75) is 0 Å². The quantitative estimate of drug-likeness (QED) is 0.152. The molecule has 0 aliphatic carbocycles. The Kier molecular flexibility index (Phi) is 9.78. The van der Waals surface area contributed by atoms with Crippen molar-refractivity contribution in [2.75, 3.05) is 0 Å². The van der Waals surface area contributed by atoms with Crippen molar-refractivity contribution in [2.24, 2.45) is 0 Å². The summed E-state index contributed by atoms with van der Waals surface area (Å²) >= 11 is 0. The van der Waals surface area contributed by atoms with E-state index >= 15 is 0 Å². The third kappa shape index (κ3) is 6.84. The van der Waals surface area contributed by atoms with Crippen LogP contribution in [0.1, 0.15) is 0 Å². The van der Waals surface area contributed by atoms with E-state index in [1.54, 1.807) is 0 Å². The molecule has 15 aromatic rings. The summed E-state index contributed by atoms with van der Waals surface area (Å²) in [5.41, 5.74) is 17.2. The maximum absolute atomic E-state index is 7.47. The number of para-hydroxylation sites is 3. The summed E-state index contributed by atoms with van der Waals surface area (Å²) in [5.74, 6) is 1.76. The minimum Gasteiger partial charge on any atom is -0.452 e. The smallest absolute Gasteiger partial charge is 0.164 e. The third-order valence-electron chi connectivity index (χ3n) is 14.8. The van der Waals surface area contributed by atoms with E-state index in [2.05, 4.69) is 258 Å². The molecule has 0 fully saturated rings. The van der Waals surface area contributed by atoms with Crippen LogP contribution in [-0.2, 0) is 0 Å². The standard InChI is InChI=1S/C69H43N5O/c1-4-21-44(22-5-1)49-29-10-12-34-58(49)68-70-67(71-69(72-68)59-35-13-11-30-50(59)45-23-6-2-7-24-45)47-27-20-28-48(43-47)73-61-37-18-15-32-52(61)54-39-41-56-57-42-40-55-53-33-16-19-38-62(53)74(64(55)66(57)75-65(56)63(54)73)60-36-17-14-31-51(60)46-25-8-3-9-26-46/h1-43H. The number of nitrogens with zero attached hydrogens (tertiary/aromatic N) is 5. The van der Waals surface area contributed by atoms with Crippen molar-refractivity contribution in [1.29, 1.82) is 0 Å². The van der Waals surface area contributed by atoms with Crippen LogP contribution in [-0.4, -0.2) is 24.1 Å². The summed E-state index contributed by atoms with van der Waals surface area (Å²) in [5, 5.41) is 6.66. The summed E-state index contributed by atoms with van der Waals surface area (Å²) in [6.45, 7) is 0. The number of hydrogen-bond donors (Lipinski definition) is 0. The zero-order valence-electron chi connectivity index (χ0n) is 40.5. The van der Waals surface area contributed by atoms with Crippen LogP contribution in [0.2, 0.25) is 0 Å². The van der Waals surface area contributed by atoms with Crippen molar-refractivity contribution in [1.82, 2.24) is 24.1 Å². The Morgan fingerprint density at radius 3 is 1.23 bits per heavy atom. The fraction of sp³-hybridized carbons (Fsp3) is 0. The highest BCUT2D eigenvalue weighted by Crippen LogP contribution is 2.46. The predicted octanol–water partition coefficient (Wildman–Crippen LogP) is 18.0. The molecule has 0 N–H and O–H groups in total. The molecule has 6 nitrogen and oxygen atoms in total. The highest BCUT2D eigenvalue weighted by Gasteiger charge is 2.25. The van der Waals surface area contributed by atoms with Crippen molar-refractivity contribution >= 4 is 65.6 Å². The molecule has 0 radical (unpaired) electrons. The number of furan rings is 1. The van der Waals surface area contributed by atoms with Gasteiger partial charge in [0.15, 0.2) is 28.6 Å². The van der Waals surface area contributed by atoms with Gasteiger partial charge in [-0.3, -0.25) is 0 Å². The molecule has 0 atom stereocenters. The monoisotopic (exact) mass is 957 g/mol. The first-order chi connectivity index (χ1) is 37.2. The molecule has 6 heteroatoms. The molecule has 0 saturated heterocycles. The Bertz CT molecular complexity index is 4600. The largest absolute Gasteiger partial charge is 0.452 e. The maximum Gasteiger partial charge on any atom is 0.164 e. The minimum absolute atomic E-state index is 0.572. The van der Waals surface area contributed by atoms with Crippen molar-refractivity contribution < 1.29 is 4.42 Å². The van der Waals surface area contributed by atoms with E-state index in [1.165, 1.54) is 5.39 Å². The van der Waals surface area contributed by atoms with Crippen LogP contribution in [0.25, 0.3) is 144 Å². The molecule has 0 saturated carbocycles. The van der Waals surface area contributed by atoms with Crippen LogP contribution in [0.3, 0.4) is 0 Å². The molecule has 350 valence electrons. The minimum atomic E-state index is 0.572. The van der Waals surface area contributed by atoms with Gasteiger partial charge in [0.25, 0.3) is 0 Å². The van der Waals surface area contributed by atoms with E-state index in [0.717, 1.165) is 122 Å². The number of hydrogen-bond acceptors (Lipinski definition) is 4. The van der Waals surface area contributed by atoms with Gasteiger partial charge < -0.3 is 13.6 Å². The van der Waals surface area contributed by atoms with Crippen molar-refractivity contribution in [3.63, 3.8) is 0 Å². The second-order valence-electron chi connectivity index (χ2n) is 19.0. The van der Waals surface area contributed by atoms with E-state index in [9.17, 15) is 0 Å². The van der Waals surface area contributed by atoms with Crippen LogP contribution in [0.15, 0.2) is 265 Å². The highest BCUT2D eigenvalue weighted by atomic mass is 16.3. The average molecular weight is 958 g/mol. The first-order valence-corrected chi connectivity index (χ1v) is 25.4. The second kappa shape index (κ2) is 17.3. The molecule has 0 spiro atoms. The molecular weight excluding hydrogens is 915 g/mol. The SMILES string of the molecule is c1ccc(-c2ccccc2-c2nc(-c3cccc(-n4c5ccccc5c5ccc6c7ccc8c9ccccc9n(-c9ccccc9-c9ccccc9)c8c7oc6c54)c3)nc(-c3ccccc3-c3ccccc3)n2)cc1. The lowest BCUT2D eigenvalue weighted by atomic mass is 9.98. The molecule has 0 unspecified atom stereocenters. The van der Waals surface area contributed by atoms with Crippen LogP contribution < -0.4 is 0 Å². The summed E-state index contributed by atoms with van der Waals surface area (Å²) in [6, 6.07) is 91.9. The lowest BCUT2D eigenvalue weighted by molar-refractivity contribution is 0.673. The number of aromatic nitrogens is 5. The lowest BCUT2D eigenvalue weighted by Gasteiger charge is -2.14. The Morgan fingerprint density at radius 2 is 0.667 bits per heavy atom. The van der Waals surface area contributed by atoms with Crippen molar-refractivity contribution in [3.05, 3.63) is 261 Å². The fourth-order valence-corrected chi connectivity index (χ4v) is 11.5. The van der Waals surface area contributed by atoms with Crippen LogP contribution in [0.5, 0.6) is 0 Å². The summed E-state index contributed by atoms with van der Waals surface area (Å²) in [7, 11) is 0. The Morgan fingerprint density at radius 1 is 0.267 bits per heavy atom. The number of fused-ring (bicyclic) bond motifs is 11. The van der Waals surface area contributed by atoms with Crippen LogP contribution >= 0.6 is 0 Å². The van der Waals surface area contributed by atoms with Gasteiger partial charge >= 0.3 is 0 Å². The molecule has 15 rings (SSSR count). The highest BCUT2D eigenvalue weighted by molar-refractivity contribution is 6.26. The molecule has 0 amide bonds. The van der Waals surface area contributed by atoms with E-state index in [-0.39, 0.29) is 0 Å². The zero-order chi connectivity index (χ0) is 49.4. The van der Waals surface area contributed by atoms with Crippen LogP contribution in [0.4, 0.5) is 0 Å². The summed E-state index contributed by atoms with van der Waals surface area (Å²) < 4.78 is 12.2. The molecule has 0 aliphatic heterocycles. The molecule has 0 aliphatic rings. The van der Waals surface area contributed by atoms with Gasteiger partial charge in [0.05, 0.1) is 27.8 Å². The van der Waals surface area contributed by atoms with Gasteiger partial charge in [-0.05, 0) is 70.3 Å². The van der Waals surface area contributed by atoms with Gasteiger partial charge in [0.2, 0.25) is 0 Å². The summed E-state index contributed by atoms with van der Waals surface area (Å²) in [4.78, 5) is 16.1. The topological polar surface area (TPSA) is 61.7 Å². The average Bonchev–Trinajstić information content (AvgIpc) is 4.19. The molecule has 0 bridgehead atoms. The lowest BCUT2D eigenvalue weighted by Crippen LogP contribution is -2.02. The van der Waals surface area contributed by atoms with E-state index in [1.807, 2.05) is 12.1 Å². The number of rotatable bonds is 8. The van der Waals surface area contributed by atoms with Gasteiger partial charge in [0.1, 0.15) is 0 Å². The van der Waals surface area contributed by atoms with E-state index in [0.29, 0.717) is 17.5 Å². The van der Waals surface area contributed by atoms with E-state index in [4.69, 9.17) is 19.4 Å². The fourth-order valence-electron chi connectivity index (χ4n) is 11.5. The molecule has 11 aromatic carbocycles. The van der Waals surface area contributed by atoms with Gasteiger partial charge in [0, 0.05) is 60.3 Å². The zero-order valence-corrected chi connectivity index (χ0v) is 40.5. The molecule has 4 heterocycles. The molecular formula is C69H43N5O. The molecule has 75 heavy (non-hydrogen) atoms. The van der Waals surface area contributed by atoms with Gasteiger partial charge in [-0.15, -0.1) is 0 Å². The Labute approximate surface area is 431 Å². The van der Waals surface area contributed by atoms with Gasteiger partial charge in [-0.25, -0.2) is 15.0 Å². The molecule has 4 aromatic heterocycles. The first kappa shape index (κ1) is 42.5. The van der Waals surface area contributed by atoms with Crippen LogP contribution in [0, 0.1) is 0 Å².